The van der Waals surface area contributed by atoms with Gasteiger partial charge in [0, 0.05) is 31.6 Å². The molecule has 0 saturated carbocycles. The molecule has 2 aliphatic heterocycles. The summed E-state index contributed by atoms with van der Waals surface area (Å²) < 4.78 is 0. The second-order valence-corrected chi connectivity index (χ2v) is 18.8. The third-order valence-electron chi connectivity index (χ3n) is 12.4. The summed E-state index contributed by atoms with van der Waals surface area (Å²) in [5.74, 6) is -9.08. The van der Waals surface area contributed by atoms with Crippen LogP contribution < -0.4 is 54.4 Å². The van der Waals surface area contributed by atoms with Crippen molar-refractivity contribution in [2.45, 2.75) is 148 Å². The van der Waals surface area contributed by atoms with E-state index in [9.17, 15) is 52.7 Å². The van der Waals surface area contributed by atoms with Crippen LogP contribution in [0.4, 0.5) is 0 Å². The van der Waals surface area contributed by atoms with Crippen molar-refractivity contribution in [1.82, 2.24) is 42.1 Å². The second kappa shape index (κ2) is 28.3. The van der Waals surface area contributed by atoms with Crippen molar-refractivity contribution in [3.05, 3.63) is 35.4 Å². The lowest BCUT2D eigenvalue weighted by Gasteiger charge is -2.31. The molecular formula is C46H71N11O11S. The van der Waals surface area contributed by atoms with Crippen molar-refractivity contribution in [3.63, 3.8) is 0 Å². The molecule has 0 radical (unpaired) electrons. The first kappa shape index (κ1) is 57.1. The van der Waals surface area contributed by atoms with E-state index in [1.54, 1.807) is 20.8 Å². The van der Waals surface area contributed by atoms with E-state index in [4.69, 9.17) is 17.2 Å². The predicted molar refractivity (Wildman–Crippen MR) is 256 cm³/mol. The average Bonchev–Trinajstić information content (AvgIpc) is 3.81. The molecule has 0 bridgehead atoms. The summed E-state index contributed by atoms with van der Waals surface area (Å²) >= 11 is 1.27. The molecule has 69 heavy (non-hydrogen) atoms. The third-order valence-corrected chi connectivity index (χ3v) is 13.4. The molecule has 22 nitrogen and oxygen atoms in total. The average molecular weight is 986 g/mol. The Labute approximate surface area is 407 Å². The Morgan fingerprint density at radius 3 is 1.99 bits per heavy atom. The Balaban J connectivity index is 2.03. The number of carbonyl (C=O) groups is 11. The van der Waals surface area contributed by atoms with Gasteiger partial charge in [0.2, 0.25) is 65.0 Å². The van der Waals surface area contributed by atoms with Crippen molar-refractivity contribution in [1.29, 1.82) is 0 Å². The molecule has 0 aliphatic carbocycles. The van der Waals surface area contributed by atoms with Gasteiger partial charge in [-0.3, -0.25) is 52.7 Å². The second-order valence-electron chi connectivity index (χ2n) is 17.6. The maximum atomic E-state index is 14.5. The van der Waals surface area contributed by atoms with Crippen LogP contribution in [0.2, 0.25) is 0 Å². The van der Waals surface area contributed by atoms with Crippen LogP contribution in [-0.4, -0.2) is 137 Å². The number of hydrogen-bond acceptors (Lipinski definition) is 12. The fraction of sp³-hybridized carbons (Fsp3) is 0.630. The van der Waals surface area contributed by atoms with Gasteiger partial charge in [-0.1, -0.05) is 71.7 Å². The fourth-order valence-corrected chi connectivity index (χ4v) is 8.75. The smallest absolute Gasteiger partial charge is 0.245 e. The van der Waals surface area contributed by atoms with Crippen molar-refractivity contribution >= 4 is 76.7 Å². The van der Waals surface area contributed by atoms with E-state index in [1.807, 2.05) is 38.1 Å². The highest BCUT2D eigenvalue weighted by atomic mass is 32.2. The first-order valence-corrected chi connectivity index (χ1v) is 24.7. The van der Waals surface area contributed by atoms with Crippen LogP contribution in [0.5, 0.6) is 0 Å². The number of nitrogens with zero attached hydrogens (tertiary/aromatic N) is 1. The summed E-state index contributed by atoms with van der Waals surface area (Å²) in [6.07, 6.45) is 0.692. The molecule has 0 aromatic heterocycles. The van der Waals surface area contributed by atoms with Gasteiger partial charge in [0.05, 0.1) is 13.0 Å². The van der Waals surface area contributed by atoms with Crippen molar-refractivity contribution in [2.75, 3.05) is 24.6 Å². The minimum absolute atomic E-state index is 0.0585. The number of benzene rings is 1. The van der Waals surface area contributed by atoms with Crippen molar-refractivity contribution < 1.29 is 52.7 Å². The number of nitrogens with one attached hydrogen (secondary N) is 7. The molecule has 3 rings (SSSR count). The van der Waals surface area contributed by atoms with Crippen LogP contribution in [0.15, 0.2) is 24.3 Å². The van der Waals surface area contributed by atoms with E-state index < -0.39 is 133 Å². The molecule has 0 spiro atoms. The Morgan fingerprint density at radius 1 is 0.739 bits per heavy atom. The molecule has 2 unspecified atom stereocenters. The molecule has 23 heteroatoms. The Bertz CT molecular complexity index is 2020. The molecule has 1 aromatic carbocycles. The topological polar surface area (TPSA) is 353 Å². The highest BCUT2D eigenvalue weighted by Crippen LogP contribution is 2.22. The highest BCUT2D eigenvalue weighted by Gasteiger charge is 2.41. The predicted octanol–water partition coefficient (Wildman–Crippen LogP) is -1.95. The van der Waals surface area contributed by atoms with Crippen LogP contribution in [-0.2, 0) is 65.6 Å². The number of likely N-dealkylation sites (tertiary alicyclic amines) is 1. The summed E-state index contributed by atoms with van der Waals surface area (Å²) in [5.41, 5.74) is 18.0. The number of carbonyl (C=O) groups excluding carboxylic acids is 11. The van der Waals surface area contributed by atoms with E-state index >= 15 is 0 Å². The molecule has 2 heterocycles. The van der Waals surface area contributed by atoms with Gasteiger partial charge in [-0.25, -0.2) is 0 Å². The van der Waals surface area contributed by atoms with Crippen LogP contribution in [0.3, 0.4) is 0 Å². The fourth-order valence-electron chi connectivity index (χ4n) is 7.81. The third kappa shape index (κ3) is 18.3. The van der Waals surface area contributed by atoms with Gasteiger partial charge >= 0.3 is 0 Å². The van der Waals surface area contributed by atoms with Crippen molar-refractivity contribution in [3.8, 4) is 0 Å². The van der Waals surface area contributed by atoms with Gasteiger partial charge in [-0.05, 0) is 60.8 Å². The molecule has 382 valence electrons. The quantitative estimate of drug-likeness (QED) is 0.0768. The summed E-state index contributed by atoms with van der Waals surface area (Å²) in [7, 11) is 0. The summed E-state index contributed by atoms with van der Waals surface area (Å²) in [5, 5.41) is 18.3. The van der Waals surface area contributed by atoms with E-state index in [0.717, 1.165) is 17.5 Å². The SMILES string of the molecule is CCc1ccc(C[C@@H]2NC(=O)CCSCC[C@@H](C(=O)N3CCC[C@H]3C(=O)N[C@H](C(=O)NCC(N)=O)C(C)CC)NC(=O)[C@H](CC(N)=O)NC(=O)[C@@H](CCC(N)=O)NC(=O)[C@H](C(C)CC)NC2=O)cc1. The van der Waals surface area contributed by atoms with Crippen LogP contribution >= 0.6 is 11.8 Å². The van der Waals surface area contributed by atoms with Gasteiger partial charge < -0.3 is 59.3 Å². The van der Waals surface area contributed by atoms with Crippen LogP contribution in [0.25, 0.3) is 0 Å². The zero-order valence-corrected chi connectivity index (χ0v) is 41.0. The van der Waals surface area contributed by atoms with Crippen molar-refractivity contribution in [2.24, 2.45) is 29.0 Å². The minimum Gasteiger partial charge on any atom is -0.370 e. The van der Waals surface area contributed by atoms with E-state index in [-0.39, 0.29) is 56.1 Å². The molecule has 11 amide bonds. The van der Waals surface area contributed by atoms with E-state index in [0.29, 0.717) is 19.3 Å². The van der Waals surface area contributed by atoms with Gasteiger partial charge in [0.15, 0.2) is 0 Å². The molecule has 1 aromatic rings. The van der Waals surface area contributed by atoms with Gasteiger partial charge in [0.25, 0.3) is 0 Å². The van der Waals surface area contributed by atoms with Gasteiger partial charge in [-0.2, -0.15) is 11.8 Å². The number of primary amides is 3. The minimum atomic E-state index is -1.70. The molecule has 9 atom stereocenters. The molecule has 13 N–H and O–H groups in total. The summed E-state index contributed by atoms with van der Waals surface area (Å²) in [4.78, 5) is 148. The monoisotopic (exact) mass is 986 g/mol. The van der Waals surface area contributed by atoms with Crippen LogP contribution in [0, 0.1) is 11.8 Å². The first-order valence-electron chi connectivity index (χ1n) is 23.6. The Morgan fingerprint density at radius 2 is 1.38 bits per heavy atom. The summed E-state index contributed by atoms with van der Waals surface area (Å²) in [6.45, 7) is 8.67. The highest BCUT2D eigenvalue weighted by molar-refractivity contribution is 7.99. The largest absolute Gasteiger partial charge is 0.370 e. The zero-order valence-electron chi connectivity index (χ0n) is 40.2. The maximum absolute atomic E-state index is 14.5. The number of amides is 11. The summed E-state index contributed by atoms with van der Waals surface area (Å²) in [6, 6.07) is -1.60. The molecule has 2 aliphatic rings. The lowest BCUT2D eigenvalue weighted by Crippen LogP contribution is -2.61. The lowest BCUT2D eigenvalue weighted by atomic mass is 9.96. The van der Waals surface area contributed by atoms with Gasteiger partial charge in [0.1, 0.15) is 42.3 Å². The number of nitrogens with two attached hydrogens (primary N) is 3. The van der Waals surface area contributed by atoms with Crippen LogP contribution in [0.1, 0.15) is 104 Å². The normalized spacial score (nSPS) is 23.6. The number of thioether (sulfide) groups is 1. The lowest BCUT2D eigenvalue weighted by molar-refractivity contribution is -0.143. The maximum Gasteiger partial charge on any atom is 0.245 e. The molecular weight excluding hydrogens is 915 g/mol. The zero-order chi connectivity index (χ0) is 51.4. The Hall–Kier alpha value is -6.26. The standard InChI is InChI=1S/C46H71N11O11S/c1-6-25(4)38(44(66)50-24-36(49)60)56-43(65)33-10-9-19-57(33)46(68)30-17-20-69-21-18-37(61)51-31(22-28-13-11-27(8-3)12-14-28)42(64)55-39(26(5)7-2)45(67)52-29(15-16-34(47)58)40(62)54-32(23-35(48)59)41(63)53-30/h11-14,25-26,29-33,38-39H,6-10,15-24H2,1-5H3,(H2,47,58)(H2,48,59)(H2,49,60)(H,50,66)(H,51,61)(H,52,67)(H,53,63)(H,54,62)(H,55,64)(H,56,65)/t25?,26?,29-,30+,31+,32+,33+,38+,39+/m1/s1. The van der Waals surface area contributed by atoms with E-state index in [2.05, 4.69) is 37.2 Å². The number of hydrogen-bond donors (Lipinski definition) is 10. The Kier molecular flexibility index (Phi) is 23.4. The number of rotatable bonds is 18. The van der Waals surface area contributed by atoms with E-state index in [1.165, 1.54) is 16.7 Å². The molecule has 2 saturated heterocycles. The first-order chi connectivity index (χ1) is 32.7. The van der Waals surface area contributed by atoms with Gasteiger partial charge in [-0.15, -0.1) is 0 Å². The number of aryl methyl sites for hydroxylation is 1. The molecule has 2 fully saturated rings.